The second-order valence-electron chi connectivity index (χ2n) is 6.82. The van der Waals surface area contributed by atoms with E-state index in [-0.39, 0.29) is 11.7 Å². The summed E-state index contributed by atoms with van der Waals surface area (Å²) in [5, 5.41) is 6.90. The van der Waals surface area contributed by atoms with E-state index in [0.29, 0.717) is 18.3 Å². The Balaban J connectivity index is 1.41. The second-order valence-corrected chi connectivity index (χ2v) is 6.82. The molecule has 1 amide bonds. The van der Waals surface area contributed by atoms with Crippen molar-refractivity contribution in [2.75, 3.05) is 20.1 Å². The zero-order valence-electron chi connectivity index (χ0n) is 14.9. The molecule has 1 heterocycles. The Morgan fingerprint density at radius 1 is 1.24 bits per heavy atom. The lowest BCUT2D eigenvalue weighted by Crippen LogP contribution is -2.35. The predicted octanol–water partition coefficient (Wildman–Crippen LogP) is 3.73. The maximum Gasteiger partial charge on any atom is 0.289 e. The standard InChI is InChI=1S/C20H27N3O2/c1-23(17-11-6-3-7-12-17)14-8-13-21-20(24)19-15-18(22-25-19)16-9-4-2-5-10-16/h2,4-5,9-10,15,17H,3,6-8,11-14H2,1H3,(H,21,24). The number of nitrogens with one attached hydrogen (secondary N) is 1. The average Bonchev–Trinajstić information content (AvgIpc) is 3.16. The van der Waals surface area contributed by atoms with Crippen molar-refractivity contribution in [1.29, 1.82) is 0 Å². The summed E-state index contributed by atoms with van der Waals surface area (Å²) in [6.45, 7) is 1.66. The molecule has 2 aromatic rings. The van der Waals surface area contributed by atoms with E-state index in [1.165, 1.54) is 32.1 Å². The number of carbonyl (C=O) groups excluding carboxylic acids is 1. The molecule has 0 spiro atoms. The number of carbonyl (C=O) groups is 1. The summed E-state index contributed by atoms with van der Waals surface area (Å²) in [4.78, 5) is 14.6. The van der Waals surface area contributed by atoms with Gasteiger partial charge in [0.1, 0.15) is 5.69 Å². The summed E-state index contributed by atoms with van der Waals surface area (Å²) in [7, 11) is 2.19. The van der Waals surface area contributed by atoms with Gasteiger partial charge in [-0.05, 0) is 32.9 Å². The van der Waals surface area contributed by atoms with Gasteiger partial charge in [-0.2, -0.15) is 0 Å². The number of benzene rings is 1. The van der Waals surface area contributed by atoms with Crippen LogP contribution in [0.5, 0.6) is 0 Å². The van der Waals surface area contributed by atoms with Crippen molar-refractivity contribution in [3.05, 3.63) is 42.2 Å². The van der Waals surface area contributed by atoms with E-state index < -0.39 is 0 Å². The van der Waals surface area contributed by atoms with Gasteiger partial charge < -0.3 is 14.7 Å². The Kier molecular flexibility index (Phi) is 6.23. The van der Waals surface area contributed by atoms with Gasteiger partial charge in [0.2, 0.25) is 5.76 Å². The Hall–Kier alpha value is -2.14. The van der Waals surface area contributed by atoms with Gasteiger partial charge in [-0.3, -0.25) is 4.79 Å². The van der Waals surface area contributed by atoms with Crippen molar-refractivity contribution in [3.63, 3.8) is 0 Å². The third kappa shape index (κ3) is 4.92. The van der Waals surface area contributed by atoms with E-state index in [9.17, 15) is 4.79 Å². The lowest BCUT2D eigenvalue weighted by atomic mass is 9.94. The third-order valence-corrected chi connectivity index (χ3v) is 4.97. The number of nitrogens with zero attached hydrogens (tertiary/aromatic N) is 2. The summed E-state index contributed by atoms with van der Waals surface area (Å²) >= 11 is 0. The highest BCUT2D eigenvalue weighted by Gasteiger charge is 2.18. The fourth-order valence-corrected chi connectivity index (χ4v) is 3.45. The fourth-order valence-electron chi connectivity index (χ4n) is 3.45. The first-order valence-corrected chi connectivity index (χ1v) is 9.24. The molecule has 1 aliphatic carbocycles. The van der Waals surface area contributed by atoms with E-state index >= 15 is 0 Å². The van der Waals surface area contributed by atoms with Gasteiger partial charge in [0.15, 0.2) is 0 Å². The number of amides is 1. The Labute approximate surface area is 149 Å². The summed E-state index contributed by atoms with van der Waals surface area (Å²) < 4.78 is 5.18. The lowest BCUT2D eigenvalue weighted by molar-refractivity contribution is 0.0914. The molecule has 0 atom stereocenters. The topological polar surface area (TPSA) is 58.4 Å². The van der Waals surface area contributed by atoms with Gasteiger partial charge >= 0.3 is 0 Å². The molecule has 0 unspecified atom stereocenters. The van der Waals surface area contributed by atoms with E-state index in [4.69, 9.17) is 4.52 Å². The SMILES string of the molecule is CN(CCCNC(=O)c1cc(-c2ccccc2)no1)C1CCCCC1. The molecule has 1 aromatic carbocycles. The Morgan fingerprint density at radius 3 is 2.76 bits per heavy atom. The maximum atomic E-state index is 12.2. The van der Waals surface area contributed by atoms with Crippen LogP contribution in [0.25, 0.3) is 11.3 Å². The molecular formula is C20H27N3O2. The van der Waals surface area contributed by atoms with Crippen molar-refractivity contribution in [3.8, 4) is 11.3 Å². The van der Waals surface area contributed by atoms with Crippen LogP contribution < -0.4 is 5.32 Å². The highest BCUT2D eigenvalue weighted by Crippen LogP contribution is 2.21. The van der Waals surface area contributed by atoms with E-state index in [2.05, 4.69) is 22.4 Å². The van der Waals surface area contributed by atoms with Gasteiger partial charge in [-0.1, -0.05) is 54.8 Å². The van der Waals surface area contributed by atoms with E-state index in [1.54, 1.807) is 6.07 Å². The minimum Gasteiger partial charge on any atom is -0.350 e. The molecule has 1 aliphatic rings. The van der Waals surface area contributed by atoms with Crippen LogP contribution in [-0.2, 0) is 0 Å². The lowest BCUT2D eigenvalue weighted by Gasteiger charge is -2.31. The predicted molar refractivity (Wildman–Crippen MR) is 98.4 cm³/mol. The summed E-state index contributed by atoms with van der Waals surface area (Å²) in [6.07, 6.45) is 7.63. The van der Waals surface area contributed by atoms with Crippen molar-refractivity contribution in [2.24, 2.45) is 0 Å². The molecule has 0 bridgehead atoms. The Morgan fingerprint density at radius 2 is 2.00 bits per heavy atom. The molecule has 25 heavy (non-hydrogen) atoms. The summed E-state index contributed by atoms with van der Waals surface area (Å²) in [5.74, 6) is 0.0643. The normalized spacial score (nSPS) is 15.4. The smallest absolute Gasteiger partial charge is 0.289 e. The molecule has 0 saturated heterocycles. The van der Waals surface area contributed by atoms with Gasteiger partial charge in [-0.15, -0.1) is 0 Å². The van der Waals surface area contributed by atoms with Crippen LogP contribution in [0.2, 0.25) is 0 Å². The minimum absolute atomic E-state index is 0.199. The number of rotatable bonds is 7. The molecular weight excluding hydrogens is 314 g/mol. The van der Waals surface area contributed by atoms with Gasteiger partial charge in [0.25, 0.3) is 5.91 Å². The zero-order valence-corrected chi connectivity index (χ0v) is 14.9. The molecule has 134 valence electrons. The molecule has 5 heteroatoms. The quantitative estimate of drug-likeness (QED) is 0.780. The van der Waals surface area contributed by atoms with Crippen LogP contribution in [0.1, 0.15) is 49.1 Å². The van der Waals surface area contributed by atoms with Crippen LogP contribution in [0.4, 0.5) is 0 Å². The van der Waals surface area contributed by atoms with Crippen molar-refractivity contribution < 1.29 is 9.32 Å². The van der Waals surface area contributed by atoms with Gasteiger partial charge in [0, 0.05) is 24.2 Å². The van der Waals surface area contributed by atoms with Crippen LogP contribution >= 0.6 is 0 Å². The molecule has 0 aliphatic heterocycles. The fraction of sp³-hybridized carbons (Fsp3) is 0.500. The number of hydrogen-bond donors (Lipinski definition) is 1. The molecule has 1 aromatic heterocycles. The zero-order chi connectivity index (χ0) is 17.5. The van der Waals surface area contributed by atoms with Crippen LogP contribution in [-0.4, -0.2) is 42.1 Å². The average molecular weight is 341 g/mol. The molecule has 0 radical (unpaired) electrons. The largest absolute Gasteiger partial charge is 0.350 e. The van der Waals surface area contributed by atoms with E-state index in [0.717, 1.165) is 18.5 Å². The van der Waals surface area contributed by atoms with Crippen molar-refractivity contribution >= 4 is 5.91 Å². The molecule has 5 nitrogen and oxygen atoms in total. The van der Waals surface area contributed by atoms with Gasteiger partial charge in [-0.25, -0.2) is 0 Å². The summed E-state index contributed by atoms with van der Waals surface area (Å²) in [6, 6.07) is 12.1. The highest BCUT2D eigenvalue weighted by atomic mass is 16.5. The Bertz CT molecular complexity index is 663. The first-order chi connectivity index (χ1) is 12.2. The van der Waals surface area contributed by atoms with Crippen LogP contribution in [0.15, 0.2) is 40.9 Å². The maximum absolute atomic E-state index is 12.2. The number of aromatic nitrogens is 1. The highest BCUT2D eigenvalue weighted by molar-refractivity contribution is 5.92. The first kappa shape index (κ1) is 17.7. The second kappa shape index (κ2) is 8.81. The number of hydrogen-bond acceptors (Lipinski definition) is 4. The molecule has 1 fully saturated rings. The van der Waals surface area contributed by atoms with Crippen LogP contribution in [0, 0.1) is 0 Å². The van der Waals surface area contributed by atoms with Crippen molar-refractivity contribution in [1.82, 2.24) is 15.4 Å². The first-order valence-electron chi connectivity index (χ1n) is 9.24. The van der Waals surface area contributed by atoms with Crippen LogP contribution in [0.3, 0.4) is 0 Å². The van der Waals surface area contributed by atoms with Crippen molar-refractivity contribution in [2.45, 2.75) is 44.6 Å². The molecule has 1 N–H and O–H groups in total. The molecule has 3 rings (SSSR count). The third-order valence-electron chi connectivity index (χ3n) is 4.97. The summed E-state index contributed by atoms with van der Waals surface area (Å²) in [5.41, 5.74) is 1.63. The minimum atomic E-state index is -0.199. The molecule has 1 saturated carbocycles. The monoisotopic (exact) mass is 341 g/mol. The van der Waals surface area contributed by atoms with E-state index in [1.807, 2.05) is 30.3 Å². The van der Waals surface area contributed by atoms with Gasteiger partial charge in [0.05, 0.1) is 0 Å².